The number of esters is 2. The Morgan fingerprint density at radius 2 is 2.20 bits per heavy atom. The fourth-order valence-corrected chi connectivity index (χ4v) is 3.64. The molecule has 1 heterocycles. The van der Waals surface area contributed by atoms with Crippen LogP contribution in [0.25, 0.3) is 0 Å². The molecule has 2 saturated carbocycles. The molecule has 0 spiro atoms. The standard InChI is InChI=1S/C14H17NO5/c1-6(2)13(17)19-5-10(16)15-11-7-3-8-9(4-7)14(18)20-12(8)11/h7-9,11-12H,1,3-5H2,2H3,(H,15,16). The van der Waals surface area contributed by atoms with Crippen LogP contribution in [0.4, 0.5) is 0 Å². The molecule has 0 aromatic heterocycles. The highest BCUT2D eigenvalue weighted by molar-refractivity contribution is 5.89. The minimum absolute atomic E-state index is 0.0272. The summed E-state index contributed by atoms with van der Waals surface area (Å²) in [5, 5.41) is 2.83. The molecule has 5 unspecified atom stereocenters. The molecule has 1 amide bonds. The van der Waals surface area contributed by atoms with Crippen molar-refractivity contribution < 1.29 is 23.9 Å². The maximum Gasteiger partial charge on any atom is 0.333 e. The summed E-state index contributed by atoms with van der Waals surface area (Å²) in [5.41, 5.74) is 0.255. The van der Waals surface area contributed by atoms with Crippen molar-refractivity contribution >= 4 is 17.8 Å². The highest BCUT2D eigenvalue weighted by atomic mass is 16.6. The van der Waals surface area contributed by atoms with E-state index < -0.39 is 5.97 Å². The zero-order chi connectivity index (χ0) is 14.4. The van der Waals surface area contributed by atoms with Crippen molar-refractivity contribution in [1.29, 1.82) is 0 Å². The van der Waals surface area contributed by atoms with E-state index in [0.717, 1.165) is 12.8 Å². The first-order valence-electron chi connectivity index (χ1n) is 6.80. The first-order chi connectivity index (χ1) is 9.47. The summed E-state index contributed by atoms with van der Waals surface area (Å²) >= 11 is 0. The summed E-state index contributed by atoms with van der Waals surface area (Å²) in [6.45, 7) is 4.64. The van der Waals surface area contributed by atoms with Crippen molar-refractivity contribution in [2.75, 3.05) is 6.61 Å². The molecule has 3 rings (SSSR count). The number of ether oxygens (including phenoxy) is 2. The molecule has 5 atom stereocenters. The van der Waals surface area contributed by atoms with E-state index >= 15 is 0 Å². The monoisotopic (exact) mass is 279 g/mol. The van der Waals surface area contributed by atoms with Gasteiger partial charge in [0.1, 0.15) is 6.10 Å². The van der Waals surface area contributed by atoms with Crippen LogP contribution in [0.2, 0.25) is 0 Å². The molecule has 6 nitrogen and oxygen atoms in total. The Balaban J connectivity index is 1.54. The molecule has 20 heavy (non-hydrogen) atoms. The summed E-state index contributed by atoms with van der Waals surface area (Å²) in [6, 6.07) is -0.140. The summed E-state index contributed by atoms with van der Waals surface area (Å²) in [7, 11) is 0. The predicted molar refractivity (Wildman–Crippen MR) is 67.3 cm³/mol. The van der Waals surface area contributed by atoms with Gasteiger partial charge in [-0.2, -0.15) is 0 Å². The first-order valence-corrected chi connectivity index (χ1v) is 6.80. The van der Waals surface area contributed by atoms with Crippen LogP contribution in [-0.4, -0.2) is 36.6 Å². The van der Waals surface area contributed by atoms with Crippen molar-refractivity contribution in [3.8, 4) is 0 Å². The molecule has 0 aromatic carbocycles. The van der Waals surface area contributed by atoms with Gasteiger partial charge in [-0.05, 0) is 25.7 Å². The minimum Gasteiger partial charge on any atom is -0.460 e. The van der Waals surface area contributed by atoms with Gasteiger partial charge in [-0.1, -0.05) is 6.58 Å². The average Bonchev–Trinajstić information content (AvgIpc) is 3.00. The Hall–Kier alpha value is -1.85. The van der Waals surface area contributed by atoms with Gasteiger partial charge in [-0.15, -0.1) is 0 Å². The largest absolute Gasteiger partial charge is 0.460 e. The highest BCUT2D eigenvalue weighted by Gasteiger charge is 2.62. The summed E-state index contributed by atoms with van der Waals surface area (Å²) in [6.07, 6.45) is 1.51. The first kappa shape index (κ1) is 13.1. The molecule has 1 N–H and O–H groups in total. The van der Waals surface area contributed by atoms with E-state index in [1.165, 1.54) is 6.92 Å². The lowest BCUT2D eigenvalue weighted by Gasteiger charge is -2.26. The Morgan fingerprint density at radius 3 is 2.90 bits per heavy atom. The second-order valence-corrected chi connectivity index (χ2v) is 5.85. The van der Waals surface area contributed by atoms with Crippen LogP contribution in [0.1, 0.15) is 19.8 Å². The fourth-order valence-electron chi connectivity index (χ4n) is 3.64. The lowest BCUT2D eigenvalue weighted by Crippen LogP contribution is -2.47. The molecular formula is C14H17NO5. The van der Waals surface area contributed by atoms with Gasteiger partial charge in [0.15, 0.2) is 6.61 Å². The maximum atomic E-state index is 11.8. The van der Waals surface area contributed by atoms with E-state index in [2.05, 4.69) is 11.9 Å². The van der Waals surface area contributed by atoms with E-state index in [1.54, 1.807) is 0 Å². The van der Waals surface area contributed by atoms with Crippen molar-refractivity contribution in [2.45, 2.75) is 31.9 Å². The Kier molecular flexibility index (Phi) is 3.03. The molecule has 6 heteroatoms. The van der Waals surface area contributed by atoms with E-state index in [-0.39, 0.29) is 48.0 Å². The van der Waals surface area contributed by atoms with Gasteiger partial charge in [0.25, 0.3) is 5.91 Å². The predicted octanol–water partition coefficient (Wildman–Crippen LogP) is 0.172. The van der Waals surface area contributed by atoms with Crippen LogP contribution in [0.15, 0.2) is 12.2 Å². The number of nitrogens with one attached hydrogen (secondary N) is 1. The van der Waals surface area contributed by atoms with Gasteiger partial charge < -0.3 is 14.8 Å². The third-order valence-electron chi connectivity index (χ3n) is 4.50. The van der Waals surface area contributed by atoms with Gasteiger partial charge in [0, 0.05) is 11.5 Å². The topological polar surface area (TPSA) is 81.7 Å². The fraction of sp³-hybridized carbons (Fsp3) is 0.643. The van der Waals surface area contributed by atoms with Gasteiger partial charge in [-0.3, -0.25) is 9.59 Å². The number of carbonyl (C=O) groups excluding carboxylic acids is 3. The molecule has 0 aromatic rings. The number of amides is 1. The number of hydrogen-bond donors (Lipinski definition) is 1. The van der Waals surface area contributed by atoms with Gasteiger partial charge in [0.05, 0.1) is 12.0 Å². The normalized spacial score (nSPS) is 36.6. The molecule has 3 fully saturated rings. The second kappa shape index (κ2) is 4.61. The van der Waals surface area contributed by atoms with Crippen LogP contribution < -0.4 is 5.32 Å². The van der Waals surface area contributed by atoms with Crippen molar-refractivity contribution in [1.82, 2.24) is 5.32 Å². The van der Waals surface area contributed by atoms with E-state index in [4.69, 9.17) is 9.47 Å². The van der Waals surface area contributed by atoms with Gasteiger partial charge in [0.2, 0.25) is 0 Å². The van der Waals surface area contributed by atoms with Crippen LogP contribution in [-0.2, 0) is 23.9 Å². The molecule has 2 aliphatic carbocycles. The van der Waals surface area contributed by atoms with Gasteiger partial charge in [-0.25, -0.2) is 4.79 Å². The lowest BCUT2D eigenvalue weighted by atomic mass is 9.86. The van der Waals surface area contributed by atoms with Crippen molar-refractivity contribution in [2.24, 2.45) is 17.8 Å². The zero-order valence-corrected chi connectivity index (χ0v) is 11.3. The van der Waals surface area contributed by atoms with E-state index in [0.29, 0.717) is 5.92 Å². The van der Waals surface area contributed by atoms with Crippen LogP contribution in [0.3, 0.4) is 0 Å². The van der Waals surface area contributed by atoms with Crippen molar-refractivity contribution in [3.05, 3.63) is 12.2 Å². The number of fused-ring (bicyclic) bond motifs is 1. The molecule has 3 aliphatic rings. The highest BCUT2D eigenvalue weighted by Crippen LogP contribution is 2.54. The molecule has 0 radical (unpaired) electrons. The van der Waals surface area contributed by atoms with Crippen molar-refractivity contribution in [3.63, 3.8) is 0 Å². The molecule has 108 valence electrons. The quantitative estimate of drug-likeness (QED) is 0.586. The van der Waals surface area contributed by atoms with Crippen LogP contribution >= 0.6 is 0 Å². The Bertz CT molecular complexity index is 500. The SMILES string of the molecule is C=C(C)C(=O)OCC(=O)NC1C2CC3C(=O)OC1C3C2. The second-order valence-electron chi connectivity index (χ2n) is 5.85. The molecule has 1 aliphatic heterocycles. The molecule has 1 saturated heterocycles. The number of hydrogen-bond acceptors (Lipinski definition) is 5. The maximum absolute atomic E-state index is 11.8. The molecular weight excluding hydrogens is 262 g/mol. The van der Waals surface area contributed by atoms with E-state index in [1.807, 2.05) is 0 Å². The summed E-state index contributed by atoms with van der Waals surface area (Å²) in [4.78, 5) is 34.6. The summed E-state index contributed by atoms with van der Waals surface area (Å²) in [5.74, 6) is -0.512. The average molecular weight is 279 g/mol. The Labute approximate surface area is 116 Å². The van der Waals surface area contributed by atoms with Crippen LogP contribution in [0.5, 0.6) is 0 Å². The van der Waals surface area contributed by atoms with Gasteiger partial charge >= 0.3 is 11.9 Å². The molecule has 2 bridgehead atoms. The van der Waals surface area contributed by atoms with E-state index in [9.17, 15) is 14.4 Å². The number of carbonyl (C=O) groups is 3. The lowest BCUT2D eigenvalue weighted by molar-refractivity contribution is -0.146. The summed E-state index contributed by atoms with van der Waals surface area (Å²) < 4.78 is 10.1. The third-order valence-corrected chi connectivity index (χ3v) is 4.50. The zero-order valence-electron chi connectivity index (χ0n) is 11.3. The third kappa shape index (κ3) is 1.99. The Morgan fingerprint density at radius 1 is 1.45 bits per heavy atom. The number of rotatable bonds is 4. The minimum atomic E-state index is -0.583. The van der Waals surface area contributed by atoms with Crippen LogP contribution in [0, 0.1) is 17.8 Å². The smallest absolute Gasteiger partial charge is 0.333 e.